The van der Waals surface area contributed by atoms with Crippen LogP contribution in [0.5, 0.6) is 0 Å². The lowest BCUT2D eigenvalue weighted by atomic mass is 9.78. The number of rotatable bonds is 5. The number of hydrogen-bond donors (Lipinski definition) is 4. The Bertz CT molecular complexity index is 952. The molecule has 0 radical (unpaired) electrons. The van der Waals surface area contributed by atoms with E-state index in [-0.39, 0.29) is 17.9 Å². The first-order valence-electron chi connectivity index (χ1n) is 8.00. The predicted molar refractivity (Wildman–Crippen MR) is 98.4 cm³/mol. The molecule has 1 amide bonds. The fourth-order valence-electron chi connectivity index (χ4n) is 2.76. The molecule has 0 saturated carbocycles. The summed E-state index contributed by atoms with van der Waals surface area (Å²) in [7, 11) is -1.97. The molecule has 0 bridgehead atoms. The molecule has 6 nitrogen and oxygen atoms in total. The maximum atomic E-state index is 13.6. The molecule has 1 unspecified atom stereocenters. The molecule has 3 rings (SSSR count). The molecule has 0 aliphatic carbocycles. The van der Waals surface area contributed by atoms with Crippen LogP contribution in [0.3, 0.4) is 0 Å². The summed E-state index contributed by atoms with van der Waals surface area (Å²) >= 11 is 0. The molecular formula is C18H17BFN3O3. The first-order valence-corrected chi connectivity index (χ1v) is 8.00. The molecule has 1 heterocycles. The fraction of sp³-hybridized carbons (Fsp3) is 0.111. The van der Waals surface area contributed by atoms with Crippen molar-refractivity contribution in [3.05, 3.63) is 66.2 Å². The molecule has 8 heteroatoms. The molecule has 5 N–H and O–H groups in total. The Kier molecular flexibility index (Phi) is 5.27. The van der Waals surface area contributed by atoms with Gasteiger partial charge in [0.05, 0.1) is 5.92 Å². The van der Waals surface area contributed by atoms with Crippen LogP contribution < -0.4 is 16.5 Å². The Hall–Kier alpha value is -2.81. The highest BCUT2D eigenvalue weighted by atomic mass is 19.1. The Morgan fingerprint density at radius 3 is 2.73 bits per heavy atom. The Labute approximate surface area is 149 Å². The number of carbonyl (C=O) groups excluding carboxylic acids is 1. The number of nitrogens with one attached hydrogen (secondary N) is 1. The second-order valence-electron chi connectivity index (χ2n) is 5.87. The lowest BCUT2D eigenvalue weighted by molar-refractivity contribution is -0.117. The van der Waals surface area contributed by atoms with Gasteiger partial charge in [-0.1, -0.05) is 18.2 Å². The average Bonchev–Trinajstić information content (AvgIpc) is 2.63. The van der Waals surface area contributed by atoms with Crippen LogP contribution in [0.4, 0.5) is 10.1 Å². The summed E-state index contributed by atoms with van der Waals surface area (Å²) < 4.78 is 13.6. The monoisotopic (exact) mass is 353 g/mol. The number of aromatic nitrogens is 1. The molecule has 3 aromatic rings. The lowest BCUT2D eigenvalue weighted by Gasteiger charge is -2.17. The first kappa shape index (κ1) is 18.0. The smallest absolute Gasteiger partial charge is 0.423 e. The van der Waals surface area contributed by atoms with Gasteiger partial charge < -0.3 is 21.1 Å². The van der Waals surface area contributed by atoms with Crippen LogP contribution >= 0.6 is 0 Å². The SMILES string of the molecule is NCC(C(=O)Nc1ccc2cnccc2c1)c1ccc(F)c(B(O)O)c1. The molecule has 132 valence electrons. The summed E-state index contributed by atoms with van der Waals surface area (Å²) in [4.78, 5) is 16.7. The Morgan fingerprint density at radius 2 is 2.00 bits per heavy atom. The third-order valence-corrected chi connectivity index (χ3v) is 4.16. The number of carbonyl (C=O) groups is 1. The van der Waals surface area contributed by atoms with Gasteiger partial charge in [0, 0.05) is 35.5 Å². The quantitative estimate of drug-likeness (QED) is 0.506. The maximum Gasteiger partial charge on any atom is 0.491 e. The van der Waals surface area contributed by atoms with Crippen LogP contribution in [0, 0.1) is 5.82 Å². The Morgan fingerprint density at radius 1 is 1.19 bits per heavy atom. The standard InChI is InChI=1S/C18H17BFN3O3/c20-17-4-2-12(8-16(17)19(25)26)15(9-21)18(24)23-14-3-1-13-10-22-6-5-11(13)7-14/h1-8,10,15,25-26H,9,21H2,(H,23,24). The summed E-state index contributed by atoms with van der Waals surface area (Å²) in [5.74, 6) is -1.89. The number of anilines is 1. The highest BCUT2D eigenvalue weighted by molar-refractivity contribution is 6.58. The van der Waals surface area contributed by atoms with E-state index in [1.165, 1.54) is 12.1 Å². The summed E-state index contributed by atoms with van der Waals surface area (Å²) in [6, 6.07) is 11.0. The van der Waals surface area contributed by atoms with Crippen LogP contribution in [0.2, 0.25) is 0 Å². The van der Waals surface area contributed by atoms with Gasteiger partial charge in [-0.05, 0) is 35.2 Å². The molecule has 0 aliphatic rings. The van der Waals surface area contributed by atoms with Crippen molar-refractivity contribution in [2.24, 2.45) is 5.73 Å². The van der Waals surface area contributed by atoms with E-state index in [4.69, 9.17) is 5.73 Å². The molecule has 2 aromatic carbocycles. The van der Waals surface area contributed by atoms with Gasteiger partial charge in [-0.2, -0.15) is 0 Å². The molecular weight excluding hydrogens is 336 g/mol. The highest BCUT2D eigenvalue weighted by Crippen LogP contribution is 2.21. The largest absolute Gasteiger partial charge is 0.491 e. The van der Waals surface area contributed by atoms with Gasteiger partial charge in [-0.3, -0.25) is 9.78 Å². The minimum Gasteiger partial charge on any atom is -0.423 e. The van der Waals surface area contributed by atoms with Gasteiger partial charge in [0.1, 0.15) is 5.82 Å². The zero-order valence-corrected chi connectivity index (χ0v) is 13.8. The minimum atomic E-state index is -1.97. The second kappa shape index (κ2) is 7.61. The summed E-state index contributed by atoms with van der Waals surface area (Å²) in [6.07, 6.45) is 3.39. The number of pyridine rings is 1. The van der Waals surface area contributed by atoms with Crippen LogP contribution in [-0.2, 0) is 4.79 Å². The normalized spacial score (nSPS) is 12.0. The zero-order chi connectivity index (χ0) is 18.7. The van der Waals surface area contributed by atoms with E-state index in [0.717, 1.165) is 16.8 Å². The number of fused-ring (bicyclic) bond motifs is 1. The van der Waals surface area contributed by atoms with Gasteiger partial charge in [-0.15, -0.1) is 0 Å². The van der Waals surface area contributed by atoms with Crippen molar-refractivity contribution in [2.75, 3.05) is 11.9 Å². The second-order valence-corrected chi connectivity index (χ2v) is 5.87. The van der Waals surface area contributed by atoms with Crippen molar-refractivity contribution >= 4 is 34.9 Å². The third kappa shape index (κ3) is 3.72. The zero-order valence-electron chi connectivity index (χ0n) is 13.8. The van der Waals surface area contributed by atoms with Crippen LogP contribution in [0.15, 0.2) is 54.9 Å². The molecule has 1 atom stereocenters. The summed E-state index contributed by atoms with van der Waals surface area (Å²) in [6.45, 7) is -0.0179. The molecule has 0 saturated heterocycles. The van der Waals surface area contributed by atoms with Gasteiger partial charge in [0.25, 0.3) is 0 Å². The van der Waals surface area contributed by atoms with Gasteiger partial charge in [0.2, 0.25) is 5.91 Å². The number of hydrogen-bond acceptors (Lipinski definition) is 5. The van der Waals surface area contributed by atoms with Crippen molar-refractivity contribution in [3.8, 4) is 0 Å². The lowest BCUT2D eigenvalue weighted by Crippen LogP contribution is -2.35. The molecule has 0 fully saturated rings. The van der Waals surface area contributed by atoms with Gasteiger partial charge >= 0.3 is 7.12 Å². The molecule has 26 heavy (non-hydrogen) atoms. The summed E-state index contributed by atoms with van der Waals surface area (Å²) in [5, 5.41) is 23.1. The van der Waals surface area contributed by atoms with E-state index < -0.39 is 18.9 Å². The third-order valence-electron chi connectivity index (χ3n) is 4.16. The number of benzene rings is 2. The molecule has 1 aromatic heterocycles. The number of nitrogens with two attached hydrogens (primary N) is 1. The first-order chi connectivity index (χ1) is 12.5. The van der Waals surface area contributed by atoms with Crippen molar-refractivity contribution in [2.45, 2.75) is 5.92 Å². The fourth-order valence-corrected chi connectivity index (χ4v) is 2.76. The van der Waals surface area contributed by atoms with E-state index in [9.17, 15) is 19.2 Å². The van der Waals surface area contributed by atoms with Gasteiger partial charge in [0.15, 0.2) is 0 Å². The number of nitrogens with zero attached hydrogens (tertiary/aromatic N) is 1. The van der Waals surface area contributed by atoms with Crippen molar-refractivity contribution in [3.63, 3.8) is 0 Å². The van der Waals surface area contributed by atoms with Crippen molar-refractivity contribution in [1.82, 2.24) is 4.98 Å². The summed E-state index contributed by atoms with van der Waals surface area (Å²) in [5.41, 5.74) is 6.42. The highest BCUT2D eigenvalue weighted by Gasteiger charge is 2.23. The van der Waals surface area contributed by atoms with Crippen LogP contribution in [0.1, 0.15) is 11.5 Å². The van der Waals surface area contributed by atoms with Crippen molar-refractivity contribution in [1.29, 1.82) is 0 Å². The van der Waals surface area contributed by atoms with E-state index in [1.54, 1.807) is 18.5 Å². The molecule has 0 aliphatic heterocycles. The average molecular weight is 353 g/mol. The van der Waals surface area contributed by atoms with Crippen LogP contribution in [-0.4, -0.2) is 34.6 Å². The Balaban J connectivity index is 1.85. The van der Waals surface area contributed by atoms with E-state index in [1.807, 2.05) is 18.2 Å². The van der Waals surface area contributed by atoms with Crippen molar-refractivity contribution < 1.29 is 19.2 Å². The van der Waals surface area contributed by atoms with E-state index >= 15 is 0 Å². The van der Waals surface area contributed by atoms with Crippen LogP contribution in [0.25, 0.3) is 10.8 Å². The molecule has 0 spiro atoms. The number of halogens is 1. The predicted octanol–water partition coefficient (Wildman–Crippen LogP) is 0.735. The maximum absolute atomic E-state index is 13.6. The van der Waals surface area contributed by atoms with E-state index in [0.29, 0.717) is 11.3 Å². The van der Waals surface area contributed by atoms with Gasteiger partial charge in [-0.25, -0.2) is 4.39 Å². The van der Waals surface area contributed by atoms with E-state index in [2.05, 4.69) is 10.3 Å². The number of amides is 1. The topological polar surface area (TPSA) is 108 Å². The minimum absolute atomic E-state index is 0.0179.